The van der Waals surface area contributed by atoms with Crippen molar-refractivity contribution >= 4 is 11.8 Å². The third-order valence-electron chi connectivity index (χ3n) is 3.76. The lowest BCUT2D eigenvalue weighted by atomic mass is 9.75. The van der Waals surface area contributed by atoms with Gasteiger partial charge in [-0.05, 0) is 43.7 Å². The molecule has 1 unspecified atom stereocenters. The molecule has 1 aromatic heterocycles. The van der Waals surface area contributed by atoms with E-state index in [-0.39, 0.29) is 0 Å². The number of aromatic carboxylic acids is 1. The zero-order chi connectivity index (χ0) is 14.0. The van der Waals surface area contributed by atoms with Crippen molar-refractivity contribution < 1.29 is 9.90 Å². The summed E-state index contributed by atoms with van der Waals surface area (Å²) in [5.41, 5.74) is 1.39. The molecule has 4 heteroatoms. The predicted molar refractivity (Wildman–Crippen MR) is 75.6 cm³/mol. The molecule has 0 aliphatic heterocycles. The summed E-state index contributed by atoms with van der Waals surface area (Å²) in [5, 5.41) is 12.5. The van der Waals surface area contributed by atoms with Crippen molar-refractivity contribution in [3.05, 3.63) is 23.4 Å². The molecule has 2 N–H and O–H groups in total. The fourth-order valence-electron chi connectivity index (χ4n) is 2.90. The molecule has 104 valence electrons. The first kappa shape index (κ1) is 13.8. The van der Waals surface area contributed by atoms with Gasteiger partial charge >= 0.3 is 5.97 Å². The maximum absolute atomic E-state index is 11.0. The maximum Gasteiger partial charge on any atom is 0.335 e. The Hall–Kier alpha value is -1.58. The van der Waals surface area contributed by atoms with Gasteiger partial charge in [0.2, 0.25) is 0 Å². The first-order valence-electron chi connectivity index (χ1n) is 6.84. The number of carboxylic acids is 1. The quantitative estimate of drug-likeness (QED) is 0.875. The molecule has 1 fully saturated rings. The van der Waals surface area contributed by atoms with Gasteiger partial charge in [0.25, 0.3) is 0 Å². The Bertz CT molecular complexity index is 483. The third kappa shape index (κ3) is 3.69. The highest BCUT2D eigenvalue weighted by Gasteiger charge is 2.28. The lowest BCUT2D eigenvalue weighted by Crippen LogP contribution is -2.32. The minimum atomic E-state index is -0.905. The zero-order valence-corrected chi connectivity index (χ0v) is 11.9. The molecule has 0 bridgehead atoms. The van der Waals surface area contributed by atoms with E-state index in [1.54, 1.807) is 12.1 Å². The molecule has 0 aromatic carbocycles. The molecular weight excluding hydrogens is 240 g/mol. The second-order valence-electron chi connectivity index (χ2n) is 6.29. The molecule has 1 aliphatic rings. The summed E-state index contributed by atoms with van der Waals surface area (Å²) >= 11 is 0. The van der Waals surface area contributed by atoms with Gasteiger partial charge in [-0.1, -0.05) is 20.3 Å². The van der Waals surface area contributed by atoms with Crippen LogP contribution in [0.3, 0.4) is 0 Å². The monoisotopic (exact) mass is 262 g/mol. The molecule has 4 nitrogen and oxygen atoms in total. The Balaban J connectivity index is 2.12. The molecule has 0 spiro atoms. The number of hydrogen-bond donors (Lipinski definition) is 2. The summed E-state index contributed by atoms with van der Waals surface area (Å²) < 4.78 is 0. The Morgan fingerprint density at radius 1 is 1.47 bits per heavy atom. The van der Waals surface area contributed by atoms with Crippen molar-refractivity contribution in [1.82, 2.24) is 4.98 Å². The van der Waals surface area contributed by atoms with Crippen molar-refractivity contribution in [3.63, 3.8) is 0 Å². The normalized spacial score (nSPS) is 21.9. The molecule has 1 saturated carbocycles. The average Bonchev–Trinajstić information content (AvgIpc) is 2.26. The van der Waals surface area contributed by atoms with Crippen molar-refractivity contribution in [1.29, 1.82) is 0 Å². The molecule has 0 radical (unpaired) electrons. The van der Waals surface area contributed by atoms with Crippen molar-refractivity contribution in [2.75, 3.05) is 5.32 Å². The topological polar surface area (TPSA) is 62.2 Å². The van der Waals surface area contributed by atoms with Crippen molar-refractivity contribution in [3.8, 4) is 0 Å². The van der Waals surface area contributed by atoms with Crippen LogP contribution in [0, 0.1) is 12.3 Å². The van der Waals surface area contributed by atoms with E-state index in [0.717, 1.165) is 18.5 Å². The number of aromatic nitrogens is 1. The summed E-state index contributed by atoms with van der Waals surface area (Å²) in [6.45, 7) is 6.39. The van der Waals surface area contributed by atoms with Gasteiger partial charge in [0.15, 0.2) is 0 Å². The minimum absolute atomic E-state index is 0.296. The molecule has 1 aromatic rings. The summed E-state index contributed by atoms with van der Waals surface area (Å²) in [5.74, 6) is -0.224. The first-order chi connectivity index (χ1) is 8.85. The highest BCUT2D eigenvalue weighted by molar-refractivity contribution is 5.88. The number of pyridine rings is 1. The van der Waals surface area contributed by atoms with Crippen LogP contribution in [0.2, 0.25) is 0 Å². The fraction of sp³-hybridized carbons (Fsp3) is 0.600. The molecule has 0 amide bonds. The van der Waals surface area contributed by atoms with Gasteiger partial charge in [-0.25, -0.2) is 9.78 Å². The van der Waals surface area contributed by atoms with Gasteiger partial charge in [0, 0.05) is 11.7 Å². The minimum Gasteiger partial charge on any atom is -0.478 e. The molecule has 1 atom stereocenters. The van der Waals surface area contributed by atoms with Gasteiger partial charge in [0.05, 0.1) is 5.56 Å². The zero-order valence-electron chi connectivity index (χ0n) is 11.9. The standard InChI is InChI=1S/C15H22N2O2/c1-10-7-11(14(18)19)8-13(16-10)17-12-5-4-6-15(2,3)9-12/h7-8,12H,4-6,9H2,1-3H3,(H,16,17)(H,18,19). The summed E-state index contributed by atoms with van der Waals surface area (Å²) in [7, 11) is 0. The number of carboxylic acid groups (broad SMARTS) is 1. The van der Waals surface area contributed by atoms with Crippen LogP contribution in [0.4, 0.5) is 5.82 Å². The number of hydrogen-bond acceptors (Lipinski definition) is 3. The number of carbonyl (C=O) groups is 1. The van der Waals surface area contributed by atoms with Crippen molar-refractivity contribution in [2.24, 2.45) is 5.41 Å². The summed E-state index contributed by atoms with van der Waals surface area (Å²) in [6.07, 6.45) is 4.70. The van der Waals surface area contributed by atoms with Gasteiger partial charge in [-0.3, -0.25) is 0 Å². The lowest BCUT2D eigenvalue weighted by Gasteiger charge is -2.35. The number of nitrogens with zero attached hydrogens (tertiary/aromatic N) is 1. The third-order valence-corrected chi connectivity index (χ3v) is 3.76. The van der Waals surface area contributed by atoms with E-state index in [1.165, 1.54) is 12.8 Å². The summed E-state index contributed by atoms with van der Waals surface area (Å²) in [6, 6.07) is 3.61. The van der Waals surface area contributed by atoms with Gasteiger partial charge in [-0.2, -0.15) is 0 Å². The highest BCUT2D eigenvalue weighted by atomic mass is 16.4. The van der Waals surface area contributed by atoms with Crippen LogP contribution in [-0.2, 0) is 0 Å². The van der Waals surface area contributed by atoms with Crippen LogP contribution in [0.5, 0.6) is 0 Å². The Morgan fingerprint density at radius 2 is 2.21 bits per heavy atom. The van der Waals surface area contributed by atoms with E-state index in [9.17, 15) is 4.79 Å². The molecular formula is C15H22N2O2. The number of aryl methyl sites for hydroxylation is 1. The van der Waals surface area contributed by atoms with Crippen molar-refractivity contribution in [2.45, 2.75) is 52.5 Å². The molecule has 1 heterocycles. The van der Waals surface area contributed by atoms with Crippen LogP contribution in [0.1, 0.15) is 55.6 Å². The Morgan fingerprint density at radius 3 is 2.84 bits per heavy atom. The van der Waals surface area contributed by atoms with E-state index < -0.39 is 5.97 Å². The largest absolute Gasteiger partial charge is 0.478 e. The number of nitrogens with one attached hydrogen (secondary N) is 1. The second kappa shape index (κ2) is 5.19. The van der Waals surface area contributed by atoms with Gasteiger partial charge in [0.1, 0.15) is 5.82 Å². The SMILES string of the molecule is Cc1cc(C(=O)O)cc(NC2CCCC(C)(C)C2)n1. The van der Waals surface area contributed by atoms with E-state index >= 15 is 0 Å². The van der Waals surface area contributed by atoms with Crippen LogP contribution in [0.15, 0.2) is 12.1 Å². The first-order valence-corrected chi connectivity index (χ1v) is 6.84. The second-order valence-corrected chi connectivity index (χ2v) is 6.29. The molecule has 1 aliphatic carbocycles. The molecule has 0 saturated heterocycles. The predicted octanol–water partition coefficient (Wildman–Crippen LogP) is 3.47. The van der Waals surface area contributed by atoms with E-state index in [0.29, 0.717) is 22.8 Å². The van der Waals surface area contributed by atoms with Crippen LogP contribution in [-0.4, -0.2) is 22.1 Å². The van der Waals surface area contributed by atoms with Crippen LogP contribution < -0.4 is 5.32 Å². The van der Waals surface area contributed by atoms with E-state index in [1.807, 2.05) is 6.92 Å². The Kier molecular flexibility index (Phi) is 3.78. The van der Waals surface area contributed by atoms with Gasteiger partial charge < -0.3 is 10.4 Å². The lowest BCUT2D eigenvalue weighted by molar-refractivity contribution is 0.0696. The number of anilines is 1. The maximum atomic E-state index is 11.0. The van der Waals surface area contributed by atoms with Gasteiger partial charge in [-0.15, -0.1) is 0 Å². The highest BCUT2D eigenvalue weighted by Crippen LogP contribution is 2.36. The van der Waals surface area contributed by atoms with Crippen LogP contribution in [0.25, 0.3) is 0 Å². The molecule has 2 rings (SSSR count). The molecule has 19 heavy (non-hydrogen) atoms. The smallest absolute Gasteiger partial charge is 0.335 e. The van der Waals surface area contributed by atoms with E-state index in [2.05, 4.69) is 24.1 Å². The summed E-state index contributed by atoms with van der Waals surface area (Å²) in [4.78, 5) is 15.4. The number of rotatable bonds is 3. The Labute approximate surface area is 114 Å². The van der Waals surface area contributed by atoms with Crippen LogP contribution >= 0.6 is 0 Å². The fourth-order valence-corrected chi connectivity index (χ4v) is 2.90. The average molecular weight is 262 g/mol. The van der Waals surface area contributed by atoms with E-state index in [4.69, 9.17) is 5.11 Å².